The number of rotatable bonds is 3. The van der Waals surface area contributed by atoms with Gasteiger partial charge in [0.15, 0.2) is 0 Å². The molecule has 1 atom stereocenters. The molecule has 17 heavy (non-hydrogen) atoms. The van der Waals surface area contributed by atoms with Crippen LogP contribution >= 0.6 is 12.6 Å². The van der Waals surface area contributed by atoms with Crippen molar-refractivity contribution >= 4 is 18.7 Å². The number of carbonyl (C=O) groups is 1. The van der Waals surface area contributed by atoms with Crippen molar-refractivity contribution in [3.8, 4) is 0 Å². The standard InChI is InChI=1S/C13H25NO2S/c1-13(2,3)16-12(15)14-8-4-6-11(10-14)7-5-9-17/h11,17H,4-10H2,1-3H3/t11-/m1/s1. The van der Waals surface area contributed by atoms with Gasteiger partial charge in [-0.15, -0.1) is 0 Å². The number of likely N-dealkylation sites (tertiary alicyclic amines) is 1. The molecule has 100 valence electrons. The van der Waals surface area contributed by atoms with Gasteiger partial charge in [0.25, 0.3) is 0 Å². The van der Waals surface area contributed by atoms with Gasteiger partial charge in [-0.05, 0) is 58.1 Å². The van der Waals surface area contributed by atoms with Gasteiger partial charge in [-0.2, -0.15) is 12.6 Å². The first-order valence-electron chi connectivity index (χ1n) is 6.51. The minimum atomic E-state index is -0.394. The van der Waals surface area contributed by atoms with E-state index in [-0.39, 0.29) is 6.09 Å². The maximum atomic E-state index is 11.9. The molecule has 1 amide bonds. The summed E-state index contributed by atoms with van der Waals surface area (Å²) in [5.74, 6) is 1.56. The van der Waals surface area contributed by atoms with Crippen molar-refractivity contribution in [2.75, 3.05) is 18.8 Å². The zero-order chi connectivity index (χ0) is 12.9. The van der Waals surface area contributed by atoms with E-state index in [1.54, 1.807) is 0 Å². The molecule has 0 N–H and O–H groups in total. The van der Waals surface area contributed by atoms with Crippen LogP contribution in [0.1, 0.15) is 46.5 Å². The van der Waals surface area contributed by atoms with Crippen molar-refractivity contribution in [2.24, 2.45) is 5.92 Å². The van der Waals surface area contributed by atoms with Crippen LogP contribution in [0.2, 0.25) is 0 Å². The fraction of sp³-hybridized carbons (Fsp3) is 0.923. The van der Waals surface area contributed by atoms with Crippen molar-refractivity contribution in [3.63, 3.8) is 0 Å². The maximum absolute atomic E-state index is 11.9. The predicted octanol–water partition coefficient (Wildman–Crippen LogP) is 3.34. The number of thiol groups is 1. The second-order valence-electron chi connectivity index (χ2n) is 5.80. The summed E-state index contributed by atoms with van der Waals surface area (Å²) < 4.78 is 5.40. The van der Waals surface area contributed by atoms with Gasteiger partial charge in [-0.1, -0.05) is 0 Å². The van der Waals surface area contributed by atoms with Gasteiger partial charge >= 0.3 is 6.09 Å². The summed E-state index contributed by atoms with van der Waals surface area (Å²) in [5, 5.41) is 0. The Morgan fingerprint density at radius 1 is 1.47 bits per heavy atom. The molecule has 3 nitrogen and oxygen atoms in total. The fourth-order valence-electron chi connectivity index (χ4n) is 2.17. The van der Waals surface area contributed by atoms with Crippen LogP contribution in [0.15, 0.2) is 0 Å². The number of amides is 1. The smallest absolute Gasteiger partial charge is 0.410 e. The highest BCUT2D eigenvalue weighted by Crippen LogP contribution is 2.22. The monoisotopic (exact) mass is 259 g/mol. The summed E-state index contributed by atoms with van der Waals surface area (Å²) in [5.41, 5.74) is -0.394. The van der Waals surface area contributed by atoms with Gasteiger partial charge in [-0.3, -0.25) is 0 Å². The summed E-state index contributed by atoms with van der Waals surface area (Å²) in [6.45, 7) is 7.42. The lowest BCUT2D eigenvalue weighted by atomic mass is 9.94. The Labute approximate surface area is 110 Å². The Hall–Kier alpha value is -0.380. The molecule has 1 saturated heterocycles. The molecule has 1 aliphatic heterocycles. The molecule has 1 aliphatic rings. The summed E-state index contributed by atoms with van der Waals surface area (Å²) in [6.07, 6.45) is 4.47. The number of ether oxygens (including phenoxy) is 1. The van der Waals surface area contributed by atoms with Crippen molar-refractivity contribution in [1.29, 1.82) is 0 Å². The number of carbonyl (C=O) groups excluding carboxylic acids is 1. The summed E-state index contributed by atoms with van der Waals surface area (Å²) in [7, 11) is 0. The second-order valence-corrected chi connectivity index (χ2v) is 6.25. The first kappa shape index (κ1) is 14.7. The van der Waals surface area contributed by atoms with Crippen LogP contribution in [0.5, 0.6) is 0 Å². The average molecular weight is 259 g/mol. The molecule has 1 rings (SSSR count). The molecular formula is C13H25NO2S. The predicted molar refractivity (Wildman–Crippen MR) is 73.6 cm³/mol. The zero-order valence-electron chi connectivity index (χ0n) is 11.2. The molecule has 0 aromatic heterocycles. The first-order valence-corrected chi connectivity index (χ1v) is 7.14. The van der Waals surface area contributed by atoms with Crippen LogP contribution in [-0.4, -0.2) is 35.4 Å². The van der Waals surface area contributed by atoms with E-state index >= 15 is 0 Å². The van der Waals surface area contributed by atoms with Crippen molar-refractivity contribution in [3.05, 3.63) is 0 Å². The molecule has 0 aromatic carbocycles. The van der Waals surface area contributed by atoms with E-state index in [1.165, 1.54) is 12.8 Å². The van der Waals surface area contributed by atoms with Gasteiger partial charge < -0.3 is 9.64 Å². The number of hydrogen-bond acceptors (Lipinski definition) is 3. The van der Waals surface area contributed by atoms with Gasteiger partial charge in [0.05, 0.1) is 0 Å². The van der Waals surface area contributed by atoms with Gasteiger partial charge in [0.1, 0.15) is 5.60 Å². The molecule has 4 heteroatoms. The molecule has 0 bridgehead atoms. The summed E-state index contributed by atoms with van der Waals surface area (Å²) >= 11 is 4.23. The van der Waals surface area contributed by atoms with Crippen LogP contribution in [-0.2, 0) is 4.74 Å². The van der Waals surface area contributed by atoms with Crippen LogP contribution in [0, 0.1) is 5.92 Å². The second kappa shape index (κ2) is 6.53. The Morgan fingerprint density at radius 2 is 2.18 bits per heavy atom. The molecule has 0 spiro atoms. The largest absolute Gasteiger partial charge is 0.444 e. The van der Waals surface area contributed by atoms with Crippen molar-refractivity contribution in [2.45, 2.75) is 52.1 Å². The van der Waals surface area contributed by atoms with E-state index in [0.717, 1.165) is 31.7 Å². The Balaban J connectivity index is 2.40. The molecule has 0 radical (unpaired) electrons. The Kier molecular flexibility index (Phi) is 5.63. The van der Waals surface area contributed by atoms with Crippen molar-refractivity contribution < 1.29 is 9.53 Å². The van der Waals surface area contributed by atoms with E-state index < -0.39 is 5.60 Å². The molecule has 1 fully saturated rings. The third kappa shape index (κ3) is 5.66. The number of hydrogen-bond donors (Lipinski definition) is 1. The molecular weight excluding hydrogens is 234 g/mol. The van der Waals surface area contributed by atoms with Crippen molar-refractivity contribution in [1.82, 2.24) is 4.90 Å². The highest BCUT2D eigenvalue weighted by molar-refractivity contribution is 7.80. The lowest BCUT2D eigenvalue weighted by molar-refractivity contribution is 0.0161. The zero-order valence-corrected chi connectivity index (χ0v) is 12.1. The third-order valence-electron chi connectivity index (χ3n) is 2.94. The van der Waals surface area contributed by atoms with E-state index in [0.29, 0.717) is 5.92 Å². The topological polar surface area (TPSA) is 29.5 Å². The van der Waals surface area contributed by atoms with Gasteiger partial charge in [0, 0.05) is 13.1 Å². The summed E-state index contributed by atoms with van der Waals surface area (Å²) in [6, 6.07) is 0. The van der Waals surface area contributed by atoms with E-state index in [2.05, 4.69) is 12.6 Å². The fourth-order valence-corrected chi connectivity index (χ4v) is 2.36. The molecule has 0 saturated carbocycles. The van der Waals surface area contributed by atoms with Crippen LogP contribution in [0.3, 0.4) is 0 Å². The van der Waals surface area contributed by atoms with E-state index in [9.17, 15) is 4.79 Å². The van der Waals surface area contributed by atoms with E-state index in [4.69, 9.17) is 4.74 Å². The number of nitrogens with zero attached hydrogens (tertiary/aromatic N) is 1. The minimum absolute atomic E-state index is 0.159. The van der Waals surface area contributed by atoms with Gasteiger partial charge in [-0.25, -0.2) is 4.79 Å². The first-order chi connectivity index (χ1) is 7.92. The van der Waals surface area contributed by atoms with Crippen LogP contribution in [0.4, 0.5) is 4.79 Å². The molecule has 0 aromatic rings. The highest BCUT2D eigenvalue weighted by Gasteiger charge is 2.27. The highest BCUT2D eigenvalue weighted by atomic mass is 32.1. The van der Waals surface area contributed by atoms with Crippen LogP contribution < -0.4 is 0 Å². The molecule has 1 heterocycles. The van der Waals surface area contributed by atoms with E-state index in [1.807, 2.05) is 25.7 Å². The molecule has 0 aliphatic carbocycles. The maximum Gasteiger partial charge on any atom is 0.410 e. The average Bonchev–Trinajstić information content (AvgIpc) is 2.24. The van der Waals surface area contributed by atoms with Crippen LogP contribution in [0.25, 0.3) is 0 Å². The van der Waals surface area contributed by atoms with Gasteiger partial charge in [0.2, 0.25) is 0 Å². The summed E-state index contributed by atoms with van der Waals surface area (Å²) in [4.78, 5) is 13.8. The number of piperidine rings is 1. The Morgan fingerprint density at radius 3 is 2.76 bits per heavy atom. The third-order valence-corrected chi connectivity index (χ3v) is 3.26. The minimum Gasteiger partial charge on any atom is -0.444 e. The quantitative estimate of drug-likeness (QED) is 0.788. The SMILES string of the molecule is CC(C)(C)OC(=O)N1CCC[C@H](CCCS)C1. The Bertz CT molecular complexity index is 250. The lowest BCUT2D eigenvalue weighted by Crippen LogP contribution is -2.42. The lowest BCUT2D eigenvalue weighted by Gasteiger charge is -2.34. The normalized spacial score (nSPS) is 21.4. The molecule has 0 unspecified atom stereocenters.